The molecule has 0 bridgehead atoms. The molecule has 2 heterocycles. The number of hydrogen-bond acceptors (Lipinski definition) is 4. The van der Waals surface area contributed by atoms with Gasteiger partial charge in [-0.2, -0.15) is 0 Å². The fourth-order valence-corrected chi connectivity index (χ4v) is 5.49. The van der Waals surface area contributed by atoms with Crippen molar-refractivity contribution in [3.63, 3.8) is 0 Å². The molecule has 192 valence electrons. The van der Waals surface area contributed by atoms with Crippen molar-refractivity contribution in [2.24, 2.45) is 0 Å². The lowest BCUT2D eigenvalue weighted by atomic mass is 10.0. The largest absolute Gasteiger partial charge is 0.456 e. The SMILES string of the molecule is c1ccc(-c2ccc(-c3nc(-c4ccc5ccccc5c4)nc(-c4cccc5oc6ccccc6c45)n3)cc2)cc1. The van der Waals surface area contributed by atoms with Crippen LogP contribution in [0.25, 0.3) is 78.0 Å². The molecule has 0 saturated heterocycles. The molecule has 0 aliphatic rings. The Morgan fingerprint density at radius 2 is 1.00 bits per heavy atom. The van der Waals surface area contributed by atoms with Gasteiger partial charge in [0.2, 0.25) is 0 Å². The second-order valence-electron chi connectivity index (χ2n) is 10.1. The number of aromatic nitrogens is 3. The molecule has 0 unspecified atom stereocenters. The van der Waals surface area contributed by atoms with Crippen LogP contribution in [0.5, 0.6) is 0 Å². The first-order valence-electron chi connectivity index (χ1n) is 13.6. The van der Waals surface area contributed by atoms with Gasteiger partial charge in [-0.25, -0.2) is 15.0 Å². The molecule has 8 aromatic rings. The van der Waals surface area contributed by atoms with Crippen LogP contribution in [0.4, 0.5) is 0 Å². The van der Waals surface area contributed by atoms with Crippen molar-refractivity contribution in [3.8, 4) is 45.3 Å². The molecule has 0 aliphatic heterocycles. The number of furan rings is 1. The summed E-state index contributed by atoms with van der Waals surface area (Å²) in [6.07, 6.45) is 0. The van der Waals surface area contributed by atoms with E-state index < -0.39 is 0 Å². The number of hydrogen-bond donors (Lipinski definition) is 0. The van der Waals surface area contributed by atoms with Gasteiger partial charge in [-0.1, -0.05) is 121 Å². The van der Waals surface area contributed by atoms with Gasteiger partial charge in [0.05, 0.1) is 0 Å². The number of rotatable bonds is 4. The predicted molar refractivity (Wildman–Crippen MR) is 166 cm³/mol. The maximum atomic E-state index is 6.18. The predicted octanol–water partition coefficient (Wildman–Crippen LogP) is 9.59. The lowest BCUT2D eigenvalue weighted by molar-refractivity contribution is 0.669. The van der Waals surface area contributed by atoms with E-state index in [9.17, 15) is 0 Å². The summed E-state index contributed by atoms with van der Waals surface area (Å²) in [6.45, 7) is 0. The molecule has 41 heavy (non-hydrogen) atoms. The molecule has 0 amide bonds. The number of nitrogens with zero attached hydrogens (tertiary/aromatic N) is 3. The summed E-state index contributed by atoms with van der Waals surface area (Å²) in [7, 11) is 0. The zero-order valence-corrected chi connectivity index (χ0v) is 22.0. The first kappa shape index (κ1) is 23.3. The Labute approximate surface area is 236 Å². The minimum Gasteiger partial charge on any atom is -0.456 e. The average molecular weight is 526 g/mol. The Morgan fingerprint density at radius 3 is 1.85 bits per heavy atom. The van der Waals surface area contributed by atoms with Gasteiger partial charge in [0.1, 0.15) is 11.2 Å². The van der Waals surface area contributed by atoms with E-state index in [2.05, 4.69) is 103 Å². The normalized spacial score (nSPS) is 11.4. The summed E-state index contributed by atoms with van der Waals surface area (Å²) in [5.41, 5.74) is 6.76. The molecule has 0 saturated carbocycles. The lowest BCUT2D eigenvalue weighted by Gasteiger charge is -2.10. The summed E-state index contributed by atoms with van der Waals surface area (Å²) < 4.78 is 6.18. The van der Waals surface area contributed by atoms with Crippen LogP contribution in [0.1, 0.15) is 0 Å². The van der Waals surface area contributed by atoms with E-state index in [1.165, 1.54) is 10.9 Å². The summed E-state index contributed by atoms with van der Waals surface area (Å²) in [6, 6.07) is 47.6. The summed E-state index contributed by atoms with van der Waals surface area (Å²) in [5.74, 6) is 1.87. The zero-order chi connectivity index (χ0) is 27.2. The molecule has 8 rings (SSSR count). The third-order valence-electron chi connectivity index (χ3n) is 7.54. The van der Waals surface area contributed by atoms with Gasteiger partial charge in [0.25, 0.3) is 0 Å². The molecule has 0 atom stereocenters. The highest BCUT2D eigenvalue weighted by molar-refractivity contribution is 6.11. The Kier molecular flexibility index (Phi) is 5.42. The van der Waals surface area contributed by atoms with Crippen molar-refractivity contribution >= 4 is 32.7 Å². The van der Waals surface area contributed by atoms with E-state index in [1.54, 1.807) is 0 Å². The average Bonchev–Trinajstić information content (AvgIpc) is 3.44. The zero-order valence-electron chi connectivity index (χ0n) is 22.0. The van der Waals surface area contributed by atoms with E-state index in [-0.39, 0.29) is 0 Å². The van der Waals surface area contributed by atoms with Crippen LogP contribution in [-0.4, -0.2) is 15.0 Å². The summed E-state index contributed by atoms with van der Waals surface area (Å²) in [4.78, 5) is 15.1. The molecule has 4 nitrogen and oxygen atoms in total. The van der Waals surface area contributed by atoms with Crippen molar-refractivity contribution in [1.82, 2.24) is 15.0 Å². The first-order chi connectivity index (χ1) is 20.3. The van der Waals surface area contributed by atoms with E-state index >= 15 is 0 Å². The van der Waals surface area contributed by atoms with Gasteiger partial charge >= 0.3 is 0 Å². The topological polar surface area (TPSA) is 51.8 Å². The maximum absolute atomic E-state index is 6.18. The van der Waals surface area contributed by atoms with Crippen LogP contribution in [0.15, 0.2) is 144 Å². The van der Waals surface area contributed by atoms with Crippen molar-refractivity contribution in [1.29, 1.82) is 0 Å². The highest BCUT2D eigenvalue weighted by Crippen LogP contribution is 2.36. The van der Waals surface area contributed by atoms with Crippen LogP contribution in [0.2, 0.25) is 0 Å². The summed E-state index contributed by atoms with van der Waals surface area (Å²) >= 11 is 0. The van der Waals surface area contributed by atoms with Gasteiger partial charge < -0.3 is 4.42 Å². The lowest BCUT2D eigenvalue weighted by Crippen LogP contribution is -2.00. The molecular weight excluding hydrogens is 502 g/mol. The van der Waals surface area contributed by atoms with Crippen molar-refractivity contribution in [2.45, 2.75) is 0 Å². The van der Waals surface area contributed by atoms with Crippen molar-refractivity contribution < 1.29 is 4.42 Å². The number of para-hydroxylation sites is 1. The van der Waals surface area contributed by atoms with Crippen molar-refractivity contribution in [2.75, 3.05) is 0 Å². The molecule has 0 radical (unpaired) electrons. The smallest absolute Gasteiger partial charge is 0.164 e. The van der Waals surface area contributed by atoms with Gasteiger partial charge in [-0.3, -0.25) is 0 Å². The second kappa shape index (κ2) is 9.54. The monoisotopic (exact) mass is 525 g/mol. The molecule has 2 aromatic heterocycles. The first-order valence-corrected chi connectivity index (χ1v) is 13.6. The van der Waals surface area contributed by atoms with Crippen LogP contribution in [0.3, 0.4) is 0 Å². The van der Waals surface area contributed by atoms with Gasteiger partial charge in [0, 0.05) is 27.5 Å². The van der Waals surface area contributed by atoms with Crippen LogP contribution < -0.4 is 0 Å². The summed E-state index contributed by atoms with van der Waals surface area (Å²) in [5, 5.41) is 4.37. The second-order valence-corrected chi connectivity index (χ2v) is 10.1. The Hall–Kier alpha value is -5.61. The third-order valence-corrected chi connectivity index (χ3v) is 7.54. The standard InChI is InChI=1S/C37H23N3O/c1-2-9-24(10-3-1)26-17-20-27(21-18-26)35-38-36(29-22-19-25-11-4-5-12-28(25)23-29)40-37(39-35)31-14-8-16-33-34(31)30-13-6-7-15-32(30)41-33/h1-23H. The highest BCUT2D eigenvalue weighted by Gasteiger charge is 2.17. The number of fused-ring (bicyclic) bond motifs is 4. The fraction of sp³-hybridized carbons (Fsp3) is 0. The highest BCUT2D eigenvalue weighted by atomic mass is 16.3. The van der Waals surface area contributed by atoms with Gasteiger partial charge in [-0.05, 0) is 40.1 Å². The molecule has 0 N–H and O–H groups in total. The third kappa shape index (κ3) is 4.14. The molecule has 0 fully saturated rings. The Bertz CT molecular complexity index is 2200. The van der Waals surface area contributed by atoms with E-state index in [4.69, 9.17) is 19.4 Å². The molecule has 6 aromatic carbocycles. The molecular formula is C37H23N3O. The van der Waals surface area contributed by atoms with E-state index in [0.717, 1.165) is 49.6 Å². The molecule has 4 heteroatoms. The molecule has 0 spiro atoms. The van der Waals surface area contributed by atoms with E-state index in [0.29, 0.717) is 17.5 Å². The minimum atomic E-state index is 0.613. The van der Waals surface area contributed by atoms with Crippen molar-refractivity contribution in [3.05, 3.63) is 140 Å². The van der Waals surface area contributed by atoms with Crippen LogP contribution in [-0.2, 0) is 0 Å². The number of benzene rings is 6. The Morgan fingerprint density at radius 1 is 0.390 bits per heavy atom. The van der Waals surface area contributed by atoms with Crippen LogP contribution in [0, 0.1) is 0 Å². The van der Waals surface area contributed by atoms with Gasteiger partial charge in [-0.15, -0.1) is 0 Å². The fourth-order valence-electron chi connectivity index (χ4n) is 5.49. The Balaban J connectivity index is 1.34. The minimum absolute atomic E-state index is 0.613. The van der Waals surface area contributed by atoms with E-state index in [1.807, 2.05) is 36.4 Å². The van der Waals surface area contributed by atoms with Crippen LogP contribution >= 0.6 is 0 Å². The molecule has 0 aliphatic carbocycles. The quantitative estimate of drug-likeness (QED) is 0.230. The maximum Gasteiger partial charge on any atom is 0.164 e. The van der Waals surface area contributed by atoms with Gasteiger partial charge in [0.15, 0.2) is 17.5 Å².